The van der Waals surface area contributed by atoms with Crippen molar-refractivity contribution in [2.24, 2.45) is 5.92 Å². The zero-order valence-corrected chi connectivity index (χ0v) is 8.18. The van der Waals surface area contributed by atoms with E-state index >= 15 is 0 Å². The largest absolute Gasteiger partial charge is 0.372 e. The van der Waals surface area contributed by atoms with Gasteiger partial charge >= 0.3 is 0 Å². The summed E-state index contributed by atoms with van der Waals surface area (Å²) < 4.78 is 5.91. The first-order valence-electron chi connectivity index (χ1n) is 4.67. The lowest BCUT2D eigenvalue weighted by atomic mass is 10.1. The normalized spacial score (nSPS) is 32.7. The van der Waals surface area contributed by atoms with Crippen LogP contribution >= 0.6 is 0 Å². The van der Waals surface area contributed by atoms with E-state index in [9.17, 15) is 0 Å². The quantitative estimate of drug-likeness (QED) is 0.567. The smallest absolute Gasteiger partial charge is 0.0607 e. The second-order valence-electron chi connectivity index (χ2n) is 4.68. The molecule has 1 heteroatoms. The molecule has 0 radical (unpaired) electrons. The Morgan fingerprint density at radius 2 is 1.82 bits per heavy atom. The van der Waals surface area contributed by atoms with Crippen molar-refractivity contribution in [2.75, 3.05) is 0 Å². The molecule has 0 aromatic carbocycles. The Labute approximate surface area is 70.1 Å². The summed E-state index contributed by atoms with van der Waals surface area (Å²) in [4.78, 5) is 0. The average molecular weight is 156 g/mol. The molecule has 11 heavy (non-hydrogen) atoms. The first-order chi connectivity index (χ1) is 4.99. The van der Waals surface area contributed by atoms with Crippen LogP contribution in [0.3, 0.4) is 0 Å². The molecule has 0 aliphatic heterocycles. The number of hydrogen-bond donors (Lipinski definition) is 0. The molecule has 1 aliphatic carbocycles. The second kappa shape index (κ2) is 3.14. The van der Waals surface area contributed by atoms with Crippen molar-refractivity contribution in [3.8, 4) is 0 Å². The zero-order chi connectivity index (χ0) is 8.48. The van der Waals surface area contributed by atoms with Gasteiger partial charge in [0.05, 0.1) is 11.7 Å². The summed E-state index contributed by atoms with van der Waals surface area (Å²) >= 11 is 0. The molecule has 1 saturated carbocycles. The Morgan fingerprint density at radius 3 is 2.18 bits per heavy atom. The van der Waals surface area contributed by atoms with Crippen molar-refractivity contribution < 1.29 is 4.74 Å². The number of rotatable bonds is 1. The minimum Gasteiger partial charge on any atom is -0.372 e. The summed E-state index contributed by atoms with van der Waals surface area (Å²) in [6.07, 6.45) is 4.48. The molecule has 0 N–H and O–H groups in total. The van der Waals surface area contributed by atoms with Crippen molar-refractivity contribution in [1.82, 2.24) is 0 Å². The van der Waals surface area contributed by atoms with Gasteiger partial charge in [-0.25, -0.2) is 0 Å². The lowest BCUT2D eigenvalue weighted by Gasteiger charge is -2.27. The Bertz CT molecular complexity index is 123. The molecule has 0 spiro atoms. The van der Waals surface area contributed by atoms with Gasteiger partial charge in [0.2, 0.25) is 0 Å². The van der Waals surface area contributed by atoms with E-state index in [1.807, 2.05) is 0 Å². The summed E-state index contributed by atoms with van der Waals surface area (Å²) in [5.74, 6) is 0.772. The van der Waals surface area contributed by atoms with E-state index in [4.69, 9.17) is 4.74 Å². The van der Waals surface area contributed by atoms with Gasteiger partial charge in [0.15, 0.2) is 0 Å². The SMILES string of the molecule is C[C@@H]1CCC[C@@H]1OC(C)(C)C. The fourth-order valence-corrected chi connectivity index (χ4v) is 1.74. The van der Waals surface area contributed by atoms with Crippen LogP contribution < -0.4 is 0 Å². The molecular weight excluding hydrogens is 136 g/mol. The van der Waals surface area contributed by atoms with Gasteiger partial charge in [-0.05, 0) is 39.5 Å². The number of hydrogen-bond acceptors (Lipinski definition) is 1. The standard InChI is InChI=1S/C10H20O/c1-8-6-5-7-9(8)11-10(2,3)4/h8-9H,5-7H2,1-4H3/t8-,9+/m1/s1. The van der Waals surface area contributed by atoms with Crippen molar-refractivity contribution >= 4 is 0 Å². The lowest BCUT2D eigenvalue weighted by Crippen LogP contribution is -2.28. The van der Waals surface area contributed by atoms with E-state index < -0.39 is 0 Å². The van der Waals surface area contributed by atoms with Gasteiger partial charge in [-0.3, -0.25) is 0 Å². The maximum absolute atomic E-state index is 5.91. The first kappa shape index (κ1) is 9.05. The van der Waals surface area contributed by atoms with Crippen LogP contribution in [0, 0.1) is 5.92 Å². The predicted octanol–water partition coefficient (Wildman–Crippen LogP) is 2.99. The fraction of sp³-hybridized carbons (Fsp3) is 1.00. The summed E-state index contributed by atoms with van der Waals surface area (Å²) in [6, 6.07) is 0. The third-order valence-electron chi connectivity index (χ3n) is 2.29. The minimum absolute atomic E-state index is 0.0449. The molecule has 0 heterocycles. The minimum atomic E-state index is 0.0449. The van der Waals surface area contributed by atoms with Crippen LogP contribution in [-0.4, -0.2) is 11.7 Å². The van der Waals surface area contributed by atoms with Crippen LogP contribution in [0.1, 0.15) is 47.0 Å². The molecular formula is C10H20O. The van der Waals surface area contributed by atoms with Crippen molar-refractivity contribution in [2.45, 2.75) is 58.7 Å². The first-order valence-corrected chi connectivity index (χ1v) is 4.67. The predicted molar refractivity (Wildman–Crippen MR) is 47.6 cm³/mol. The number of ether oxygens (including phenoxy) is 1. The van der Waals surface area contributed by atoms with Crippen LogP contribution in [0.15, 0.2) is 0 Å². The van der Waals surface area contributed by atoms with E-state index in [-0.39, 0.29) is 5.60 Å². The van der Waals surface area contributed by atoms with Crippen LogP contribution in [0.4, 0.5) is 0 Å². The maximum atomic E-state index is 5.91. The van der Waals surface area contributed by atoms with E-state index in [2.05, 4.69) is 27.7 Å². The highest BCUT2D eigenvalue weighted by molar-refractivity contribution is 4.77. The van der Waals surface area contributed by atoms with E-state index in [1.165, 1.54) is 19.3 Å². The van der Waals surface area contributed by atoms with Crippen LogP contribution in [0.2, 0.25) is 0 Å². The van der Waals surface area contributed by atoms with E-state index in [1.54, 1.807) is 0 Å². The van der Waals surface area contributed by atoms with E-state index in [0.717, 1.165) is 5.92 Å². The highest BCUT2D eigenvalue weighted by Crippen LogP contribution is 2.30. The molecule has 1 fully saturated rings. The molecule has 1 aliphatic rings. The Morgan fingerprint density at radius 1 is 1.18 bits per heavy atom. The summed E-state index contributed by atoms with van der Waals surface area (Å²) in [5, 5.41) is 0. The summed E-state index contributed by atoms with van der Waals surface area (Å²) in [5.41, 5.74) is 0.0449. The van der Waals surface area contributed by atoms with Gasteiger partial charge in [0.1, 0.15) is 0 Å². The van der Waals surface area contributed by atoms with Gasteiger partial charge < -0.3 is 4.74 Å². The molecule has 1 rings (SSSR count). The van der Waals surface area contributed by atoms with Gasteiger partial charge in [-0.2, -0.15) is 0 Å². The van der Waals surface area contributed by atoms with Crippen molar-refractivity contribution in [1.29, 1.82) is 0 Å². The Hall–Kier alpha value is -0.0400. The van der Waals surface area contributed by atoms with E-state index in [0.29, 0.717) is 6.10 Å². The third kappa shape index (κ3) is 2.82. The molecule has 0 aromatic heterocycles. The van der Waals surface area contributed by atoms with Crippen molar-refractivity contribution in [3.63, 3.8) is 0 Å². The maximum Gasteiger partial charge on any atom is 0.0607 e. The van der Waals surface area contributed by atoms with Gasteiger partial charge in [-0.15, -0.1) is 0 Å². The molecule has 0 saturated heterocycles. The Kier molecular flexibility index (Phi) is 2.58. The second-order valence-corrected chi connectivity index (χ2v) is 4.68. The topological polar surface area (TPSA) is 9.23 Å². The third-order valence-corrected chi connectivity index (χ3v) is 2.29. The molecule has 1 nitrogen and oxygen atoms in total. The molecule has 66 valence electrons. The summed E-state index contributed by atoms with van der Waals surface area (Å²) in [7, 11) is 0. The molecule has 0 aromatic rings. The van der Waals surface area contributed by atoms with Gasteiger partial charge in [0.25, 0.3) is 0 Å². The van der Waals surface area contributed by atoms with Crippen LogP contribution in [-0.2, 0) is 4.74 Å². The zero-order valence-electron chi connectivity index (χ0n) is 8.18. The van der Waals surface area contributed by atoms with Gasteiger partial charge in [-0.1, -0.05) is 13.3 Å². The lowest BCUT2D eigenvalue weighted by molar-refractivity contribution is -0.0721. The molecule has 0 bridgehead atoms. The fourth-order valence-electron chi connectivity index (χ4n) is 1.74. The summed E-state index contributed by atoms with van der Waals surface area (Å²) in [6.45, 7) is 8.71. The molecule has 0 unspecified atom stereocenters. The van der Waals surface area contributed by atoms with Gasteiger partial charge in [0, 0.05) is 0 Å². The monoisotopic (exact) mass is 156 g/mol. The molecule has 2 atom stereocenters. The van der Waals surface area contributed by atoms with Crippen molar-refractivity contribution in [3.05, 3.63) is 0 Å². The highest BCUT2D eigenvalue weighted by atomic mass is 16.5. The Balaban J connectivity index is 2.37. The van der Waals surface area contributed by atoms with Crippen LogP contribution in [0.5, 0.6) is 0 Å². The molecule has 0 amide bonds. The highest BCUT2D eigenvalue weighted by Gasteiger charge is 2.27. The van der Waals surface area contributed by atoms with Crippen LogP contribution in [0.25, 0.3) is 0 Å². The average Bonchev–Trinajstić information content (AvgIpc) is 2.12.